The Morgan fingerprint density at radius 1 is 1.44 bits per heavy atom. The summed E-state index contributed by atoms with van der Waals surface area (Å²) >= 11 is 7.67. The van der Waals surface area contributed by atoms with E-state index in [1.54, 1.807) is 11.3 Å². The first-order valence-corrected chi connectivity index (χ1v) is 7.95. The third kappa shape index (κ3) is 3.70. The molecule has 2 heterocycles. The van der Waals surface area contributed by atoms with E-state index in [2.05, 4.69) is 37.2 Å². The van der Waals surface area contributed by atoms with Gasteiger partial charge in [-0.15, -0.1) is 11.3 Å². The molecule has 1 fully saturated rings. The summed E-state index contributed by atoms with van der Waals surface area (Å²) in [5, 5.41) is 3.72. The Balaban J connectivity index is 1.88. The number of likely N-dealkylation sites (tertiary alicyclic amines) is 1. The molecule has 0 spiro atoms. The summed E-state index contributed by atoms with van der Waals surface area (Å²) in [6, 6.07) is 5.07. The molecule has 2 nitrogen and oxygen atoms in total. The van der Waals surface area contributed by atoms with E-state index in [1.165, 1.54) is 30.8 Å². The second-order valence-electron chi connectivity index (χ2n) is 5.48. The molecule has 0 amide bonds. The Hall–Kier alpha value is -0.0900. The summed E-state index contributed by atoms with van der Waals surface area (Å²) in [5.41, 5.74) is 0. The van der Waals surface area contributed by atoms with Crippen molar-refractivity contribution >= 4 is 22.9 Å². The molecule has 1 aromatic heterocycles. The number of hydrogen-bond donors (Lipinski definition) is 1. The number of hydrogen-bond acceptors (Lipinski definition) is 3. The van der Waals surface area contributed by atoms with Crippen LogP contribution in [0.15, 0.2) is 12.1 Å². The zero-order valence-electron chi connectivity index (χ0n) is 11.4. The predicted molar refractivity (Wildman–Crippen MR) is 80.6 cm³/mol. The predicted octanol–water partition coefficient (Wildman–Crippen LogP) is 3.78. The van der Waals surface area contributed by atoms with E-state index in [1.807, 2.05) is 6.07 Å². The third-order valence-corrected chi connectivity index (χ3v) is 5.32. The fraction of sp³-hybridized carbons (Fsp3) is 0.714. The lowest BCUT2D eigenvalue weighted by Gasteiger charge is -2.35. The quantitative estimate of drug-likeness (QED) is 0.906. The van der Waals surface area contributed by atoms with Gasteiger partial charge in [0, 0.05) is 23.5 Å². The van der Waals surface area contributed by atoms with Gasteiger partial charge in [-0.1, -0.05) is 11.6 Å². The molecule has 3 unspecified atom stereocenters. The number of rotatable bonds is 4. The molecule has 1 aliphatic rings. The zero-order chi connectivity index (χ0) is 13.1. The third-order valence-electron chi connectivity index (χ3n) is 3.90. The molecular formula is C14H23ClN2S. The van der Waals surface area contributed by atoms with Crippen LogP contribution in [0, 0.1) is 5.92 Å². The lowest BCUT2D eigenvalue weighted by atomic mass is 9.91. The van der Waals surface area contributed by atoms with Gasteiger partial charge in [-0.3, -0.25) is 0 Å². The van der Waals surface area contributed by atoms with E-state index in [-0.39, 0.29) is 0 Å². The highest BCUT2D eigenvalue weighted by Crippen LogP contribution is 2.28. The first-order chi connectivity index (χ1) is 8.56. The minimum atomic E-state index is 0.393. The summed E-state index contributed by atoms with van der Waals surface area (Å²) < 4.78 is 0.878. The average molecular weight is 287 g/mol. The van der Waals surface area contributed by atoms with Crippen molar-refractivity contribution < 1.29 is 0 Å². The van der Waals surface area contributed by atoms with E-state index >= 15 is 0 Å². The average Bonchev–Trinajstić information content (AvgIpc) is 2.76. The van der Waals surface area contributed by atoms with Crippen LogP contribution in [0.4, 0.5) is 0 Å². The molecule has 0 aromatic carbocycles. The van der Waals surface area contributed by atoms with Gasteiger partial charge in [0.25, 0.3) is 0 Å². The minimum absolute atomic E-state index is 0.393. The van der Waals surface area contributed by atoms with Crippen LogP contribution in [0.1, 0.15) is 37.6 Å². The number of nitrogens with zero attached hydrogens (tertiary/aromatic N) is 1. The number of nitrogens with one attached hydrogen (secondary N) is 1. The van der Waals surface area contributed by atoms with Gasteiger partial charge in [-0.25, -0.2) is 0 Å². The van der Waals surface area contributed by atoms with E-state index in [4.69, 9.17) is 11.6 Å². The van der Waals surface area contributed by atoms with Crippen molar-refractivity contribution in [2.75, 3.05) is 20.1 Å². The van der Waals surface area contributed by atoms with Crippen LogP contribution in [0.25, 0.3) is 0 Å². The van der Waals surface area contributed by atoms with E-state index in [0.29, 0.717) is 12.1 Å². The zero-order valence-corrected chi connectivity index (χ0v) is 13.0. The molecule has 0 bridgehead atoms. The van der Waals surface area contributed by atoms with Gasteiger partial charge in [0.05, 0.1) is 4.34 Å². The molecular weight excluding hydrogens is 264 g/mol. The SMILES string of the molecule is CC(NC(C)C1CCCN(C)C1)c1ccc(Cl)s1. The van der Waals surface area contributed by atoms with Crippen molar-refractivity contribution in [3.63, 3.8) is 0 Å². The maximum absolute atomic E-state index is 5.99. The summed E-state index contributed by atoms with van der Waals surface area (Å²) in [4.78, 5) is 3.77. The van der Waals surface area contributed by atoms with Crippen LogP contribution in [0.2, 0.25) is 4.34 Å². The van der Waals surface area contributed by atoms with Crippen molar-refractivity contribution in [1.29, 1.82) is 0 Å². The van der Waals surface area contributed by atoms with Crippen LogP contribution < -0.4 is 5.32 Å². The first-order valence-electron chi connectivity index (χ1n) is 6.76. The topological polar surface area (TPSA) is 15.3 Å². The fourth-order valence-corrected chi connectivity index (χ4v) is 3.86. The lowest BCUT2D eigenvalue weighted by Crippen LogP contribution is -2.43. The summed E-state index contributed by atoms with van der Waals surface area (Å²) in [6.07, 6.45) is 2.67. The van der Waals surface area contributed by atoms with Crippen molar-refractivity contribution in [2.24, 2.45) is 5.92 Å². The molecule has 3 atom stereocenters. The smallest absolute Gasteiger partial charge is 0.0931 e. The Labute approximate surface area is 119 Å². The van der Waals surface area contributed by atoms with Gasteiger partial charge >= 0.3 is 0 Å². The maximum atomic E-state index is 5.99. The molecule has 0 radical (unpaired) electrons. The molecule has 0 aliphatic carbocycles. The van der Waals surface area contributed by atoms with Gasteiger partial charge in [0.1, 0.15) is 0 Å². The molecule has 1 aliphatic heterocycles. The Morgan fingerprint density at radius 3 is 2.83 bits per heavy atom. The largest absolute Gasteiger partial charge is 0.307 e. The van der Waals surface area contributed by atoms with Crippen LogP contribution in [-0.2, 0) is 0 Å². The molecule has 102 valence electrons. The molecule has 0 saturated carbocycles. The van der Waals surface area contributed by atoms with Gasteiger partial charge in [0.15, 0.2) is 0 Å². The number of piperidine rings is 1. The van der Waals surface area contributed by atoms with Gasteiger partial charge in [0.2, 0.25) is 0 Å². The summed E-state index contributed by atoms with van der Waals surface area (Å²) in [6.45, 7) is 7.01. The van der Waals surface area contributed by atoms with Crippen molar-refractivity contribution in [3.8, 4) is 0 Å². The molecule has 2 rings (SSSR count). The summed E-state index contributed by atoms with van der Waals surface area (Å²) in [7, 11) is 2.22. The molecule has 1 aromatic rings. The van der Waals surface area contributed by atoms with Crippen LogP contribution in [0.5, 0.6) is 0 Å². The minimum Gasteiger partial charge on any atom is -0.307 e. The Bertz CT molecular complexity index is 380. The fourth-order valence-electron chi connectivity index (χ4n) is 2.79. The van der Waals surface area contributed by atoms with Gasteiger partial charge in [-0.2, -0.15) is 0 Å². The Kier molecular flexibility index (Phi) is 5.07. The maximum Gasteiger partial charge on any atom is 0.0931 e. The van der Waals surface area contributed by atoms with Crippen molar-refractivity contribution in [1.82, 2.24) is 10.2 Å². The van der Waals surface area contributed by atoms with Gasteiger partial charge in [-0.05, 0) is 58.3 Å². The monoisotopic (exact) mass is 286 g/mol. The second-order valence-corrected chi connectivity index (χ2v) is 7.23. The lowest BCUT2D eigenvalue weighted by molar-refractivity contribution is 0.174. The highest BCUT2D eigenvalue weighted by Gasteiger charge is 2.24. The van der Waals surface area contributed by atoms with Crippen LogP contribution >= 0.6 is 22.9 Å². The van der Waals surface area contributed by atoms with E-state index in [9.17, 15) is 0 Å². The van der Waals surface area contributed by atoms with E-state index in [0.717, 1.165) is 10.3 Å². The van der Waals surface area contributed by atoms with Crippen LogP contribution in [0.3, 0.4) is 0 Å². The normalized spacial score (nSPS) is 25.0. The van der Waals surface area contributed by atoms with Crippen molar-refractivity contribution in [3.05, 3.63) is 21.3 Å². The van der Waals surface area contributed by atoms with Crippen LogP contribution in [-0.4, -0.2) is 31.1 Å². The number of thiophene rings is 1. The summed E-state index contributed by atoms with van der Waals surface area (Å²) in [5.74, 6) is 0.765. The van der Waals surface area contributed by atoms with Gasteiger partial charge < -0.3 is 10.2 Å². The number of halogens is 1. The van der Waals surface area contributed by atoms with Crippen molar-refractivity contribution in [2.45, 2.75) is 38.8 Å². The van der Waals surface area contributed by atoms with E-state index < -0.39 is 0 Å². The molecule has 4 heteroatoms. The molecule has 1 N–H and O–H groups in total. The molecule has 1 saturated heterocycles. The highest BCUT2D eigenvalue weighted by atomic mass is 35.5. The highest BCUT2D eigenvalue weighted by molar-refractivity contribution is 7.16. The Morgan fingerprint density at radius 2 is 2.22 bits per heavy atom. The second kappa shape index (κ2) is 6.38. The molecule has 18 heavy (non-hydrogen) atoms. The first kappa shape index (κ1) is 14.3. The standard InChI is InChI=1S/C14H23ClN2S/c1-10(12-5-4-8-17(3)9-12)16-11(2)13-6-7-14(15)18-13/h6-7,10-12,16H,4-5,8-9H2,1-3H3.